The van der Waals surface area contributed by atoms with Crippen LogP contribution in [-0.4, -0.2) is 17.7 Å². The smallest absolute Gasteiger partial charge is 0.311 e. The standard InChI is InChI=1S/C17H16O3/c18-17(19)14-7-4-10-20-16-9-8-13(11-15(14)16)12-5-2-1-3-6-12/h1-3,5-6,8-9,11,14H,4,7,10H2,(H,18,19). The van der Waals surface area contributed by atoms with Crippen molar-refractivity contribution >= 4 is 5.97 Å². The molecule has 1 heterocycles. The summed E-state index contributed by atoms with van der Waals surface area (Å²) < 4.78 is 5.66. The van der Waals surface area contributed by atoms with Gasteiger partial charge in [0.05, 0.1) is 12.5 Å². The number of benzene rings is 2. The van der Waals surface area contributed by atoms with Gasteiger partial charge in [0.15, 0.2) is 0 Å². The molecular weight excluding hydrogens is 252 g/mol. The third-order valence-electron chi connectivity index (χ3n) is 3.69. The van der Waals surface area contributed by atoms with Gasteiger partial charge in [-0.15, -0.1) is 0 Å². The normalized spacial score (nSPS) is 17.7. The van der Waals surface area contributed by atoms with Crippen molar-refractivity contribution in [3.05, 3.63) is 54.1 Å². The van der Waals surface area contributed by atoms with E-state index >= 15 is 0 Å². The molecule has 3 rings (SSSR count). The molecule has 1 unspecified atom stereocenters. The van der Waals surface area contributed by atoms with Gasteiger partial charge in [-0.3, -0.25) is 4.79 Å². The highest BCUT2D eigenvalue weighted by Gasteiger charge is 2.26. The lowest BCUT2D eigenvalue weighted by Crippen LogP contribution is -2.11. The maximum atomic E-state index is 11.5. The number of carbonyl (C=O) groups is 1. The summed E-state index contributed by atoms with van der Waals surface area (Å²) in [5.74, 6) is -0.548. The Morgan fingerprint density at radius 3 is 2.65 bits per heavy atom. The van der Waals surface area contributed by atoms with Crippen LogP contribution in [0, 0.1) is 0 Å². The highest BCUT2D eigenvalue weighted by molar-refractivity contribution is 5.79. The second-order valence-electron chi connectivity index (χ2n) is 5.00. The molecule has 20 heavy (non-hydrogen) atoms. The van der Waals surface area contributed by atoms with E-state index in [1.54, 1.807) is 0 Å². The van der Waals surface area contributed by atoms with Crippen LogP contribution in [-0.2, 0) is 4.79 Å². The van der Waals surface area contributed by atoms with Gasteiger partial charge >= 0.3 is 5.97 Å². The summed E-state index contributed by atoms with van der Waals surface area (Å²) in [4.78, 5) is 11.5. The van der Waals surface area contributed by atoms with Crippen molar-refractivity contribution in [2.45, 2.75) is 18.8 Å². The Kier molecular flexibility index (Phi) is 3.42. The van der Waals surface area contributed by atoms with Crippen LogP contribution >= 0.6 is 0 Å². The topological polar surface area (TPSA) is 46.5 Å². The average molecular weight is 268 g/mol. The molecule has 102 valence electrons. The van der Waals surface area contributed by atoms with Crippen LogP contribution in [0.4, 0.5) is 0 Å². The molecule has 0 spiro atoms. The van der Waals surface area contributed by atoms with Crippen molar-refractivity contribution in [2.75, 3.05) is 6.61 Å². The molecule has 0 amide bonds. The van der Waals surface area contributed by atoms with Crippen LogP contribution in [0.3, 0.4) is 0 Å². The summed E-state index contributed by atoms with van der Waals surface area (Å²) >= 11 is 0. The van der Waals surface area contributed by atoms with E-state index in [0.29, 0.717) is 18.8 Å². The number of hydrogen-bond donors (Lipinski definition) is 1. The number of rotatable bonds is 2. The molecule has 0 bridgehead atoms. The van der Waals surface area contributed by atoms with Crippen molar-refractivity contribution in [3.63, 3.8) is 0 Å². The van der Waals surface area contributed by atoms with E-state index < -0.39 is 11.9 Å². The van der Waals surface area contributed by atoms with Gasteiger partial charge in [-0.25, -0.2) is 0 Å². The van der Waals surface area contributed by atoms with Gasteiger partial charge in [0.2, 0.25) is 0 Å². The number of carboxylic acids is 1. The van der Waals surface area contributed by atoms with Crippen LogP contribution in [0.5, 0.6) is 5.75 Å². The maximum Gasteiger partial charge on any atom is 0.311 e. The third-order valence-corrected chi connectivity index (χ3v) is 3.69. The van der Waals surface area contributed by atoms with E-state index in [1.165, 1.54) is 0 Å². The highest BCUT2D eigenvalue weighted by atomic mass is 16.5. The van der Waals surface area contributed by atoms with Crippen LogP contribution in [0.1, 0.15) is 24.3 Å². The van der Waals surface area contributed by atoms with Gasteiger partial charge in [0.1, 0.15) is 5.75 Å². The first-order valence-corrected chi connectivity index (χ1v) is 6.80. The average Bonchev–Trinajstić information content (AvgIpc) is 2.69. The summed E-state index contributed by atoms with van der Waals surface area (Å²) in [7, 11) is 0. The fourth-order valence-electron chi connectivity index (χ4n) is 2.64. The fourth-order valence-corrected chi connectivity index (χ4v) is 2.64. The van der Waals surface area contributed by atoms with Gasteiger partial charge < -0.3 is 9.84 Å². The number of carboxylic acid groups (broad SMARTS) is 1. The minimum absolute atomic E-state index is 0.476. The van der Waals surface area contributed by atoms with Gasteiger partial charge in [0.25, 0.3) is 0 Å². The molecule has 0 aliphatic carbocycles. The number of fused-ring (bicyclic) bond motifs is 1. The molecule has 0 fully saturated rings. The van der Waals surface area contributed by atoms with E-state index in [0.717, 1.165) is 23.1 Å². The molecule has 1 aliphatic heterocycles. The Labute approximate surface area is 117 Å². The zero-order valence-corrected chi connectivity index (χ0v) is 11.1. The van der Waals surface area contributed by atoms with E-state index in [-0.39, 0.29) is 0 Å². The predicted octanol–water partition coefficient (Wildman–Crippen LogP) is 3.69. The molecule has 0 aromatic heterocycles. The Balaban J connectivity index is 2.08. The molecule has 3 heteroatoms. The molecule has 3 nitrogen and oxygen atoms in total. The molecule has 2 aromatic rings. The van der Waals surface area contributed by atoms with E-state index in [9.17, 15) is 9.90 Å². The van der Waals surface area contributed by atoms with Gasteiger partial charge in [-0.1, -0.05) is 36.4 Å². The Morgan fingerprint density at radius 1 is 1.10 bits per heavy atom. The Bertz CT molecular complexity index is 619. The maximum absolute atomic E-state index is 11.5. The Morgan fingerprint density at radius 2 is 1.90 bits per heavy atom. The molecule has 0 radical (unpaired) electrons. The van der Waals surface area contributed by atoms with Crippen molar-refractivity contribution in [2.24, 2.45) is 0 Å². The van der Waals surface area contributed by atoms with E-state index in [4.69, 9.17) is 4.74 Å². The zero-order chi connectivity index (χ0) is 13.9. The predicted molar refractivity (Wildman–Crippen MR) is 77.0 cm³/mol. The molecule has 1 N–H and O–H groups in total. The first-order valence-electron chi connectivity index (χ1n) is 6.80. The van der Waals surface area contributed by atoms with Gasteiger partial charge in [0, 0.05) is 5.56 Å². The third kappa shape index (κ3) is 2.39. The quantitative estimate of drug-likeness (QED) is 0.903. The minimum Gasteiger partial charge on any atom is -0.493 e. The lowest BCUT2D eigenvalue weighted by molar-refractivity contribution is -0.138. The largest absolute Gasteiger partial charge is 0.493 e. The zero-order valence-electron chi connectivity index (χ0n) is 11.1. The molecule has 1 atom stereocenters. The van der Waals surface area contributed by atoms with E-state index in [1.807, 2.05) is 48.5 Å². The summed E-state index contributed by atoms with van der Waals surface area (Å²) in [6.07, 6.45) is 1.40. The van der Waals surface area contributed by atoms with Crippen LogP contribution < -0.4 is 4.74 Å². The van der Waals surface area contributed by atoms with Crippen molar-refractivity contribution in [1.82, 2.24) is 0 Å². The SMILES string of the molecule is O=C(O)C1CCCOc2ccc(-c3ccccc3)cc21. The second-order valence-corrected chi connectivity index (χ2v) is 5.00. The number of ether oxygens (including phenoxy) is 1. The fraction of sp³-hybridized carbons (Fsp3) is 0.235. The first kappa shape index (κ1) is 12.7. The van der Waals surface area contributed by atoms with Gasteiger partial charge in [-0.05, 0) is 36.1 Å². The van der Waals surface area contributed by atoms with Gasteiger partial charge in [-0.2, -0.15) is 0 Å². The molecule has 0 saturated carbocycles. The number of aliphatic carboxylic acids is 1. The molecule has 2 aromatic carbocycles. The summed E-state index contributed by atoms with van der Waals surface area (Å²) in [6.45, 7) is 0.585. The molecule has 1 aliphatic rings. The second kappa shape index (κ2) is 5.37. The highest BCUT2D eigenvalue weighted by Crippen LogP contribution is 2.36. The van der Waals surface area contributed by atoms with Crippen LogP contribution in [0.2, 0.25) is 0 Å². The summed E-state index contributed by atoms with van der Waals surface area (Å²) in [6, 6.07) is 15.8. The van der Waals surface area contributed by atoms with Crippen LogP contribution in [0.25, 0.3) is 11.1 Å². The van der Waals surface area contributed by atoms with E-state index in [2.05, 4.69) is 0 Å². The van der Waals surface area contributed by atoms with Crippen molar-refractivity contribution in [1.29, 1.82) is 0 Å². The van der Waals surface area contributed by atoms with Crippen molar-refractivity contribution in [3.8, 4) is 16.9 Å². The summed E-state index contributed by atoms with van der Waals surface area (Å²) in [5, 5.41) is 9.42. The molecular formula is C17H16O3. The first-order chi connectivity index (χ1) is 9.75. The monoisotopic (exact) mass is 268 g/mol. The van der Waals surface area contributed by atoms with Crippen LogP contribution in [0.15, 0.2) is 48.5 Å². The lowest BCUT2D eigenvalue weighted by atomic mass is 9.91. The Hall–Kier alpha value is -2.29. The molecule has 0 saturated heterocycles. The van der Waals surface area contributed by atoms with Crippen molar-refractivity contribution < 1.29 is 14.6 Å². The number of hydrogen-bond acceptors (Lipinski definition) is 2. The summed E-state index contributed by atoms with van der Waals surface area (Å²) in [5.41, 5.74) is 2.90. The minimum atomic E-state index is -0.776. The lowest BCUT2D eigenvalue weighted by Gasteiger charge is -2.14.